The zero-order valence-corrected chi connectivity index (χ0v) is 9.44. The van der Waals surface area contributed by atoms with Crippen LogP contribution in [-0.4, -0.2) is 24.7 Å². The van der Waals surface area contributed by atoms with Gasteiger partial charge >= 0.3 is 6.18 Å². The zero-order valence-electron chi connectivity index (χ0n) is 9.44. The predicted molar refractivity (Wildman–Crippen MR) is 55.8 cm³/mol. The van der Waals surface area contributed by atoms with Crippen molar-refractivity contribution in [3.05, 3.63) is 0 Å². The summed E-state index contributed by atoms with van der Waals surface area (Å²) in [6, 6.07) is -0.859. The van der Waals surface area contributed by atoms with E-state index in [1.165, 1.54) is 6.92 Å². The second-order valence-corrected chi connectivity index (χ2v) is 3.89. The molecule has 1 unspecified atom stereocenters. The normalized spacial score (nSPS) is 13.6. The molecule has 1 atom stereocenters. The Labute approximate surface area is 93.6 Å². The third-order valence-corrected chi connectivity index (χ3v) is 2.05. The summed E-state index contributed by atoms with van der Waals surface area (Å²) in [5.74, 6) is -0.325. The quantitative estimate of drug-likeness (QED) is 0.668. The van der Waals surface area contributed by atoms with Crippen LogP contribution in [-0.2, 0) is 4.79 Å². The number of nitrogens with one attached hydrogen (secondary N) is 1. The van der Waals surface area contributed by atoms with Crippen molar-refractivity contribution in [2.24, 2.45) is 5.73 Å². The van der Waals surface area contributed by atoms with Gasteiger partial charge in [0, 0.05) is 12.5 Å². The first kappa shape index (κ1) is 15.2. The molecule has 0 heterocycles. The average Bonchev–Trinajstić information content (AvgIpc) is 2.09. The fraction of sp³-hybridized carbons (Fsp3) is 0.900. The van der Waals surface area contributed by atoms with Gasteiger partial charge in [0.25, 0.3) is 0 Å². The summed E-state index contributed by atoms with van der Waals surface area (Å²) in [6.07, 6.45) is -2.61. The Morgan fingerprint density at radius 3 is 2.44 bits per heavy atom. The fourth-order valence-electron chi connectivity index (χ4n) is 1.35. The monoisotopic (exact) mass is 240 g/mol. The van der Waals surface area contributed by atoms with E-state index in [-0.39, 0.29) is 12.3 Å². The highest BCUT2D eigenvalue weighted by atomic mass is 19.4. The highest BCUT2D eigenvalue weighted by molar-refractivity contribution is 5.76. The lowest BCUT2D eigenvalue weighted by molar-refractivity contribution is -0.141. The maximum Gasteiger partial charge on any atom is 0.391 e. The topological polar surface area (TPSA) is 55.1 Å². The molecule has 0 aliphatic heterocycles. The first-order chi connectivity index (χ1) is 7.35. The van der Waals surface area contributed by atoms with E-state index in [1.54, 1.807) is 0 Å². The molecule has 0 aliphatic rings. The van der Waals surface area contributed by atoms with E-state index in [2.05, 4.69) is 5.32 Å². The van der Waals surface area contributed by atoms with E-state index in [0.717, 1.165) is 12.8 Å². The van der Waals surface area contributed by atoms with Crippen LogP contribution in [0.25, 0.3) is 0 Å². The van der Waals surface area contributed by atoms with Crippen molar-refractivity contribution >= 4 is 5.91 Å². The molecule has 0 spiro atoms. The van der Waals surface area contributed by atoms with Gasteiger partial charge in [0.2, 0.25) is 5.91 Å². The Morgan fingerprint density at radius 2 is 1.94 bits per heavy atom. The van der Waals surface area contributed by atoms with Crippen LogP contribution in [0.4, 0.5) is 13.2 Å². The lowest BCUT2D eigenvalue weighted by Crippen LogP contribution is -2.35. The molecule has 0 aromatic rings. The van der Waals surface area contributed by atoms with Crippen molar-refractivity contribution in [3.8, 4) is 0 Å². The summed E-state index contributed by atoms with van der Waals surface area (Å²) in [7, 11) is 0. The van der Waals surface area contributed by atoms with E-state index in [4.69, 9.17) is 5.73 Å². The Bertz CT molecular complexity index is 207. The Morgan fingerprint density at radius 1 is 1.31 bits per heavy atom. The number of unbranched alkanes of at least 4 members (excludes halogenated alkanes) is 2. The van der Waals surface area contributed by atoms with Gasteiger partial charge in [-0.3, -0.25) is 4.79 Å². The van der Waals surface area contributed by atoms with Crippen LogP contribution in [0.15, 0.2) is 0 Å². The van der Waals surface area contributed by atoms with Crippen LogP contribution in [0.1, 0.15) is 39.0 Å². The minimum atomic E-state index is -4.23. The molecule has 6 heteroatoms. The molecule has 16 heavy (non-hydrogen) atoms. The SMILES string of the molecule is CC(CC(F)(F)F)NC(=O)CCCCCN. The van der Waals surface area contributed by atoms with E-state index in [0.29, 0.717) is 13.0 Å². The average molecular weight is 240 g/mol. The number of rotatable bonds is 7. The molecule has 0 fully saturated rings. The van der Waals surface area contributed by atoms with Gasteiger partial charge in [-0.15, -0.1) is 0 Å². The molecule has 0 aliphatic carbocycles. The first-order valence-electron chi connectivity index (χ1n) is 5.41. The van der Waals surface area contributed by atoms with Crippen molar-refractivity contribution in [3.63, 3.8) is 0 Å². The summed E-state index contributed by atoms with van der Waals surface area (Å²) in [6.45, 7) is 1.93. The van der Waals surface area contributed by atoms with E-state index in [1.807, 2.05) is 0 Å². The van der Waals surface area contributed by atoms with E-state index < -0.39 is 18.6 Å². The highest BCUT2D eigenvalue weighted by Gasteiger charge is 2.30. The molecule has 0 radical (unpaired) electrons. The molecule has 1 amide bonds. The lowest BCUT2D eigenvalue weighted by atomic mass is 10.1. The van der Waals surface area contributed by atoms with Crippen molar-refractivity contribution in [2.45, 2.75) is 51.2 Å². The summed E-state index contributed by atoms with van der Waals surface area (Å²) < 4.78 is 35.8. The van der Waals surface area contributed by atoms with Gasteiger partial charge in [0.15, 0.2) is 0 Å². The van der Waals surface area contributed by atoms with Gasteiger partial charge in [0.1, 0.15) is 0 Å². The molecular weight excluding hydrogens is 221 g/mol. The number of carbonyl (C=O) groups is 1. The highest BCUT2D eigenvalue weighted by Crippen LogP contribution is 2.21. The van der Waals surface area contributed by atoms with Crippen molar-refractivity contribution in [2.75, 3.05) is 6.54 Å². The van der Waals surface area contributed by atoms with Crippen molar-refractivity contribution in [1.82, 2.24) is 5.32 Å². The molecule has 0 saturated heterocycles. The largest absolute Gasteiger partial charge is 0.391 e. The van der Waals surface area contributed by atoms with Crippen molar-refractivity contribution < 1.29 is 18.0 Å². The fourth-order valence-corrected chi connectivity index (χ4v) is 1.35. The van der Waals surface area contributed by atoms with Crippen LogP contribution in [0, 0.1) is 0 Å². The third-order valence-electron chi connectivity index (χ3n) is 2.05. The number of halogens is 3. The second-order valence-electron chi connectivity index (χ2n) is 3.89. The number of hydrogen-bond acceptors (Lipinski definition) is 2. The van der Waals surface area contributed by atoms with Crippen LogP contribution in [0.3, 0.4) is 0 Å². The Hall–Kier alpha value is -0.780. The summed E-state index contributed by atoms with van der Waals surface area (Å²) >= 11 is 0. The number of hydrogen-bond donors (Lipinski definition) is 2. The summed E-state index contributed by atoms with van der Waals surface area (Å²) in [5.41, 5.74) is 5.27. The second kappa shape index (κ2) is 7.49. The summed E-state index contributed by atoms with van der Waals surface area (Å²) in [5, 5.41) is 2.32. The zero-order chi connectivity index (χ0) is 12.6. The minimum Gasteiger partial charge on any atom is -0.353 e. The smallest absolute Gasteiger partial charge is 0.353 e. The number of nitrogens with two attached hydrogens (primary N) is 1. The van der Waals surface area contributed by atoms with Crippen molar-refractivity contribution in [1.29, 1.82) is 0 Å². The van der Waals surface area contributed by atoms with E-state index >= 15 is 0 Å². The molecular formula is C10H19F3N2O. The Kier molecular flexibility index (Phi) is 7.12. The van der Waals surface area contributed by atoms with Gasteiger partial charge in [-0.1, -0.05) is 6.42 Å². The van der Waals surface area contributed by atoms with Gasteiger partial charge in [-0.05, 0) is 26.3 Å². The Balaban J connectivity index is 3.62. The number of carbonyl (C=O) groups excluding carboxylic acids is 1. The van der Waals surface area contributed by atoms with Gasteiger partial charge in [-0.2, -0.15) is 13.2 Å². The third kappa shape index (κ3) is 9.76. The lowest BCUT2D eigenvalue weighted by Gasteiger charge is -2.15. The van der Waals surface area contributed by atoms with E-state index in [9.17, 15) is 18.0 Å². The molecule has 0 aromatic heterocycles. The first-order valence-corrected chi connectivity index (χ1v) is 5.41. The standard InChI is InChI=1S/C10H19F3N2O/c1-8(7-10(11,12)13)15-9(16)5-3-2-4-6-14/h8H,2-7,14H2,1H3,(H,15,16). The van der Waals surface area contributed by atoms with Crippen LogP contribution in [0.2, 0.25) is 0 Å². The molecule has 0 bridgehead atoms. The van der Waals surface area contributed by atoms with Gasteiger partial charge in [-0.25, -0.2) is 0 Å². The molecule has 96 valence electrons. The van der Waals surface area contributed by atoms with Gasteiger partial charge < -0.3 is 11.1 Å². The molecule has 0 saturated carbocycles. The number of amides is 1. The number of alkyl halides is 3. The maximum absolute atomic E-state index is 11.9. The summed E-state index contributed by atoms with van der Waals surface area (Å²) in [4.78, 5) is 11.2. The van der Waals surface area contributed by atoms with Crippen LogP contribution < -0.4 is 11.1 Å². The molecule has 3 nitrogen and oxygen atoms in total. The predicted octanol–water partition coefficient (Wildman–Crippen LogP) is 1.96. The maximum atomic E-state index is 11.9. The molecule has 0 rings (SSSR count). The molecule has 3 N–H and O–H groups in total. The van der Waals surface area contributed by atoms with Crippen LogP contribution in [0.5, 0.6) is 0 Å². The van der Waals surface area contributed by atoms with Crippen LogP contribution >= 0.6 is 0 Å². The minimum absolute atomic E-state index is 0.266. The molecule has 0 aromatic carbocycles. The van der Waals surface area contributed by atoms with Gasteiger partial charge in [0.05, 0.1) is 6.42 Å².